The van der Waals surface area contributed by atoms with Crippen LogP contribution in [-0.2, 0) is 0 Å². The second-order valence-electron chi connectivity index (χ2n) is 3.62. The number of hydrogen-bond acceptors (Lipinski definition) is 6. The molecule has 3 rings (SSSR count). The number of H-pyrrole nitrogens is 1. The Bertz CT molecular complexity index is 803. The highest BCUT2D eigenvalue weighted by Gasteiger charge is 2.13. The Morgan fingerprint density at radius 3 is 2.85 bits per heavy atom. The van der Waals surface area contributed by atoms with Crippen LogP contribution in [0, 0.1) is 0 Å². The molecule has 0 fully saturated rings. The first-order valence-corrected chi connectivity index (χ1v) is 6.04. The summed E-state index contributed by atoms with van der Waals surface area (Å²) in [5.41, 5.74) is 0.879. The van der Waals surface area contributed by atoms with E-state index in [2.05, 4.69) is 35.2 Å². The number of fused-ring (bicyclic) bond motifs is 1. The van der Waals surface area contributed by atoms with Gasteiger partial charge in [-0.1, -0.05) is 23.2 Å². The second-order valence-corrected chi connectivity index (χ2v) is 4.37. The van der Waals surface area contributed by atoms with Crippen LogP contribution in [0.4, 0.5) is 5.95 Å². The third kappa shape index (κ3) is 2.38. The summed E-state index contributed by atoms with van der Waals surface area (Å²) in [6.07, 6.45) is 4.02. The number of rotatable bonds is 2. The van der Waals surface area contributed by atoms with Crippen LogP contribution in [0.5, 0.6) is 0 Å². The van der Waals surface area contributed by atoms with Crippen LogP contribution in [0.15, 0.2) is 18.7 Å². The molecule has 0 radical (unpaired) electrons. The molecule has 1 amide bonds. The van der Waals surface area contributed by atoms with Crippen LogP contribution in [-0.4, -0.2) is 35.8 Å². The number of carbonyl (C=O) groups is 1. The first-order valence-electron chi connectivity index (χ1n) is 5.29. The van der Waals surface area contributed by atoms with Crippen LogP contribution in [0.3, 0.4) is 0 Å². The van der Waals surface area contributed by atoms with Gasteiger partial charge in [0.1, 0.15) is 16.4 Å². The van der Waals surface area contributed by atoms with Gasteiger partial charge < -0.3 is 4.98 Å². The van der Waals surface area contributed by atoms with Crippen LogP contribution >= 0.6 is 23.2 Å². The number of aromatic amines is 1. The summed E-state index contributed by atoms with van der Waals surface area (Å²) in [4.78, 5) is 34.2. The number of aromatic nitrogens is 6. The standard InChI is InChI=1S/C10H5Cl2N7O/c11-5-2-13-1-4(16-5)9(20)19-10-17-7(12)6-8(18-10)15-3-14-6/h1-3H,(H2,14,15,17,18,19,20). The lowest BCUT2D eigenvalue weighted by atomic mass is 10.4. The van der Waals surface area contributed by atoms with Gasteiger partial charge in [-0.15, -0.1) is 0 Å². The van der Waals surface area contributed by atoms with Crippen molar-refractivity contribution in [1.29, 1.82) is 0 Å². The molecule has 0 aliphatic heterocycles. The molecule has 10 heteroatoms. The van der Waals surface area contributed by atoms with Gasteiger partial charge in [-0.3, -0.25) is 15.1 Å². The number of carbonyl (C=O) groups excluding carboxylic acids is 1. The van der Waals surface area contributed by atoms with Crippen molar-refractivity contribution in [2.75, 3.05) is 5.32 Å². The van der Waals surface area contributed by atoms with Crippen molar-refractivity contribution in [3.63, 3.8) is 0 Å². The molecule has 3 aromatic heterocycles. The summed E-state index contributed by atoms with van der Waals surface area (Å²) in [6.45, 7) is 0. The first-order chi connectivity index (χ1) is 9.63. The Balaban J connectivity index is 1.91. The monoisotopic (exact) mass is 309 g/mol. The molecule has 0 unspecified atom stereocenters. The van der Waals surface area contributed by atoms with Crippen LogP contribution < -0.4 is 5.32 Å². The molecule has 0 saturated heterocycles. The summed E-state index contributed by atoms with van der Waals surface area (Å²) >= 11 is 11.6. The van der Waals surface area contributed by atoms with Gasteiger partial charge in [-0.25, -0.2) is 9.97 Å². The predicted molar refractivity (Wildman–Crippen MR) is 71.7 cm³/mol. The second kappa shape index (κ2) is 4.99. The van der Waals surface area contributed by atoms with E-state index >= 15 is 0 Å². The highest BCUT2D eigenvalue weighted by molar-refractivity contribution is 6.33. The van der Waals surface area contributed by atoms with E-state index in [0.717, 1.165) is 0 Å². The van der Waals surface area contributed by atoms with E-state index in [0.29, 0.717) is 11.2 Å². The molecule has 8 nitrogen and oxygen atoms in total. The van der Waals surface area contributed by atoms with E-state index in [1.165, 1.54) is 18.7 Å². The summed E-state index contributed by atoms with van der Waals surface area (Å²) in [5.74, 6) is -0.535. The van der Waals surface area contributed by atoms with E-state index in [4.69, 9.17) is 23.2 Å². The Hall–Kier alpha value is -2.32. The topological polar surface area (TPSA) is 109 Å². The first kappa shape index (κ1) is 12.7. The zero-order valence-electron chi connectivity index (χ0n) is 9.63. The maximum absolute atomic E-state index is 11.9. The number of nitrogens with zero attached hydrogens (tertiary/aromatic N) is 5. The Morgan fingerprint density at radius 2 is 2.05 bits per heavy atom. The molecular formula is C10H5Cl2N7O. The fraction of sp³-hybridized carbons (Fsp3) is 0. The molecule has 3 aromatic rings. The van der Waals surface area contributed by atoms with Gasteiger partial charge in [0.15, 0.2) is 10.8 Å². The van der Waals surface area contributed by atoms with Crippen LogP contribution in [0.25, 0.3) is 11.2 Å². The van der Waals surface area contributed by atoms with Crippen molar-refractivity contribution in [2.45, 2.75) is 0 Å². The highest BCUT2D eigenvalue weighted by Crippen LogP contribution is 2.18. The summed E-state index contributed by atoms with van der Waals surface area (Å²) in [6, 6.07) is 0. The van der Waals surface area contributed by atoms with Gasteiger partial charge in [-0.2, -0.15) is 9.97 Å². The Morgan fingerprint density at radius 1 is 1.20 bits per heavy atom. The van der Waals surface area contributed by atoms with Gasteiger partial charge >= 0.3 is 0 Å². The minimum absolute atomic E-state index is 0.0152. The fourth-order valence-corrected chi connectivity index (χ4v) is 1.84. The molecule has 0 saturated carbocycles. The number of imidazole rings is 1. The molecular weight excluding hydrogens is 305 g/mol. The zero-order valence-corrected chi connectivity index (χ0v) is 11.1. The number of hydrogen-bond donors (Lipinski definition) is 2. The minimum Gasteiger partial charge on any atom is -0.341 e. The van der Waals surface area contributed by atoms with Crippen molar-refractivity contribution in [1.82, 2.24) is 29.9 Å². The molecule has 0 aliphatic rings. The third-order valence-electron chi connectivity index (χ3n) is 2.30. The van der Waals surface area contributed by atoms with Crippen molar-refractivity contribution in [3.8, 4) is 0 Å². The fourth-order valence-electron chi connectivity index (χ4n) is 1.47. The largest absolute Gasteiger partial charge is 0.341 e. The van der Waals surface area contributed by atoms with Crippen molar-refractivity contribution in [2.24, 2.45) is 0 Å². The quantitative estimate of drug-likeness (QED) is 0.697. The predicted octanol–water partition coefficient (Wildman–Crippen LogP) is 1.70. The van der Waals surface area contributed by atoms with Gasteiger partial charge in [-0.05, 0) is 0 Å². The molecule has 3 heterocycles. The normalized spacial score (nSPS) is 10.7. The van der Waals surface area contributed by atoms with Crippen LogP contribution in [0.2, 0.25) is 10.3 Å². The maximum Gasteiger partial charge on any atom is 0.278 e. The lowest BCUT2D eigenvalue weighted by Gasteiger charge is -2.03. The molecule has 20 heavy (non-hydrogen) atoms. The van der Waals surface area contributed by atoms with Crippen molar-refractivity contribution in [3.05, 3.63) is 34.7 Å². The van der Waals surface area contributed by atoms with E-state index in [9.17, 15) is 4.79 Å². The summed E-state index contributed by atoms with van der Waals surface area (Å²) in [7, 11) is 0. The molecule has 0 bridgehead atoms. The third-order valence-corrected chi connectivity index (χ3v) is 2.76. The van der Waals surface area contributed by atoms with Gasteiger partial charge in [0, 0.05) is 0 Å². The molecule has 100 valence electrons. The highest BCUT2D eigenvalue weighted by atomic mass is 35.5. The number of amides is 1. The van der Waals surface area contributed by atoms with Crippen LogP contribution in [0.1, 0.15) is 10.5 Å². The van der Waals surface area contributed by atoms with E-state index in [1.54, 1.807) is 0 Å². The van der Waals surface area contributed by atoms with E-state index < -0.39 is 5.91 Å². The van der Waals surface area contributed by atoms with Gasteiger partial charge in [0.05, 0.1) is 18.7 Å². The molecule has 2 N–H and O–H groups in total. The van der Waals surface area contributed by atoms with Gasteiger partial charge in [0.2, 0.25) is 5.95 Å². The summed E-state index contributed by atoms with van der Waals surface area (Å²) in [5, 5.41) is 2.71. The Kier molecular flexibility index (Phi) is 3.17. The molecule has 0 aromatic carbocycles. The van der Waals surface area contributed by atoms with Crippen molar-refractivity contribution < 1.29 is 4.79 Å². The number of halogens is 2. The lowest BCUT2D eigenvalue weighted by Crippen LogP contribution is -2.16. The summed E-state index contributed by atoms with van der Waals surface area (Å²) < 4.78 is 0. The average Bonchev–Trinajstić information content (AvgIpc) is 2.87. The molecule has 0 atom stereocenters. The molecule has 0 spiro atoms. The van der Waals surface area contributed by atoms with Crippen molar-refractivity contribution >= 4 is 46.2 Å². The van der Waals surface area contributed by atoms with Gasteiger partial charge in [0.25, 0.3) is 5.91 Å². The number of nitrogens with one attached hydrogen (secondary N) is 2. The maximum atomic E-state index is 11.9. The Labute approximate surface area is 121 Å². The zero-order chi connectivity index (χ0) is 14.1. The molecule has 0 aliphatic carbocycles. The number of anilines is 1. The smallest absolute Gasteiger partial charge is 0.278 e. The average molecular weight is 310 g/mol. The lowest BCUT2D eigenvalue weighted by molar-refractivity contribution is 0.102. The van der Waals surface area contributed by atoms with E-state index in [1.807, 2.05) is 0 Å². The minimum atomic E-state index is -0.550. The SMILES string of the molecule is O=C(Nc1nc(Cl)c2[nH]cnc2n1)c1cncc(Cl)n1. The van der Waals surface area contributed by atoms with E-state index in [-0.39, 0.29) is 21.9 Å².